The highest BCUT2D eigenvalue weighted by atomic mass is 32.1. The van der Waals surface area contributed by atoms with E-state index in [-0.39, 0.29) is 5.78 Å². The molecular weight excluding hydrogens is 244 g/mol. The van der Waals surface area contributed by atoms with Gasteiger partial charge in [0.1, 0.15) is 5.01 Å². The lowest BCUT2D eigenvalue weighted by molar-refractivity contribution is 0.103. The molecule has 18 heavy (non-hydrogen) atoms. The molecule has 0 bridgehead atoms. The van der Waals surface area contributed by atoms with Crippen molar-refractivity contribution in [2.24, 2.45) is 0 Å². The van der Waals surface area contributed by atoms with Gasteiger partial charge in [-0.15, -0.1) is 11.3 Å². The van der Waals surface area contributed by atoms with Gasteiger partial charge in [0.2, 0.25) is 5.78 Å². The van der Waals surface area contributed by atoms with Gasteiger partial charge in [0.15, 0.2) is 0 Å². The second-order valence-electron chi connectivity index (χ2n) is 3.83. The minimum atomic E-state index is 0.00527. The summed E-state index contributed by atoms with van der Waals surface area (Å²) in [6.45, 7) is 0. The number of aromatic amines is 1. The van der Waals surface area contributed by atoms with Gasteiger partial charge in [-0.05, 0) is 12.1 Å². The maximum Gasteiger partial charge on any atom is 0.209 e. The number of thiazole rings is 1. The van der Waals surface area contributed by atoms with E-state index < -0.39 is 0 Å². The van der Waals surface area contributed by atoms with Gasteiger partial charge < -0.3 is 4.98 Å². The van der Waals surface area contributed by atoms with E-state index in [0.717, 1.165) is 10.6 Å². The molecule has 2 aromatic heterocycles. The van der Waals surface area contributed by atoms with Crippen molar-refractivity contribution in [1.29, 1.82) is 0 Å². The lowest BCUT2D eigenvalue weighted by Gasteiger charge is -2.00. The van der Waals surface area contributed by atoms with Crippen LogP contribution in [0.1, 0.15) is 16.1 Å². The Hall–Kier alpha value is -2.20. The Bertz CT molecular complexity index is 640. The maximum atomic E-state index is 12.1. The lowest BCUT2D eigenvalue weighted by Crippen LogP contribution is -2.00. The monoisotopic (exact) mass is 254 g/mol. The minimum Gasteiger partial charge on any atom is -0.359 e. The molecule has 2 heterocycles. The van der Waals surface area contributed by atoms with E-state index in [0.29, 0.717) is 11.3 Å². The van der Waals surface area contributed by atoms with Gasteiger partial charge in [-0.3, -0.25) is 4.79 Å². The molecule has 3 aromatic rings. The number of hydrogen-bond donors (Lipinski definition) is 1. The van der Waals surface area contributed by atoms with E-state index in [1.807, 2.05) is 35.7 Å². The van der Waals surface area contributed by atoms with E-state index in [2.05, 4.69) is 9.97 Å². The standard InChI is InChI=1S/C14H10N2OS/c17-13(12-2-1-7-15-12)10-3-5-11(6-4-10)14-16-8-9-18-14/h1-9,15H. The first kappa shape index (κ1) is 10.9. The van der Waals surface area contributed by atoms with Crippen LogP contribution in [0.2, 0.25) is 0 Å². The number of benzene rings is 1. The fraction of sp³-hybridized carbons (Fsp3) is 0. The highest BCUT2D eigenvalue weighted by Crippen LogP contribution is 2.22. The molecule has 0 aliphatic rings. The van der Waals surface area contributed by atoms with E-state index in [1.165, 1.54) is 0 Å². The number of aromatic nitrogens is 2. The Kier molecular flexibility index (Phi) is 2.78. The molecule has 88 valence electrons. The van der Waals surface area contributed by atoms with Crippen molar-refractivity contribution in [1.82, 2.24) is 9.97 Å². The maximum absolute atomic E-state index is 12.1. The molecule has 1 N–H and O–H groups in total. The highest BCUT2D eigenvalue weighted by Gasteiger charge is 2.09. The van der Waals surface area contributed by atoms with Gasteiger partial charge in [-0.1, -0.05) is 24.3 Å². The second-order valence-corrected chi connectivity index (χ2v) is 4.72. The molecule has 0 aliphatic heterocycles. The summed E-state index contributed by atoms with van der Waals surface area (Å²) in [5.41, 5.74) is 2.32. The van der Waals surface area contributed by atoms with Gasteiger partial charge in [0.05, 0.1) is 5.69 Å². The van der Waals surface area contributed by atoms with Gasteiger partial charge in [0.25, 0.3) is 0 Å². The van der Waals surface area contributed by atoms with Crippen LogP contribution in [-0.2, 0) is 0 Å². The fourth-order valence-electron chi connectivity index (χ4n) is 1.76. The third-order valence-corrected chi connectivity index (χ3v) is 3.49. The molecule has 1 aromatic carbocycles. The number of rotatable bonds is 3. The van der Waals surface area contributed by atoms with Crippen molar-refractivity contribution >= 4 is 17.1 Å². The first-order valence-electron chi connectivity index (χ1n) is 5.52. The first-order valence-corrected chi connectivity index (χ1v) is 6.40. The van der Waals surface area contributed by atoms with Crippen LogP contribution >= 0.6 is 11.3 Å². The van der Waals surface area contributed by atoms with E-state index in [9.17, 15) is 4.79 Å². The Labute approximate surface area is 108 Å². The summed E-state index contributed by atoms with van der Waals surface area (Å²) in [6, 6.07) is 11.1. The SMILES string of the molecule is O=C(c1ccc(-c2nccs2)cc1)c1ccc[nH]1. The summed E-state index contributed by atoms with van der Waals surface area (Å²) < 4.78 is 0. The highest BCUT2D eigenvalue weighted by molar-refractivity contribution is 7.13. The van der Waals surface area contributed by atoms with Crippen molar-refractivity contribution < 1.29 is 4.79 Å². The molecule has 0 saturated heterocycles. The average Bonchev–Trinajstić information content (AvgIpc) is 3.11. The zero-order chi connectivity index (χ0) is 12.4. The van der Waals surface area contributed by atoms with Crippen LogP contribution in [0.4, 0.5) is 0 Å². The molecule has 0 spiro atoms. The number of carbonyl (C=O) groups is 1. The molecule has 0 saturated carbocycles. The van der Waals surface area contributed by atoms with Crippen LogP contribution in [-0.4, -0.2) is 15.8 Å². The molecule has 3 nitrogen and oxygen atoms in total. The number of nitrogens with zero attached hydrogens (tertiary/aromatic N) is 1. The number of H-pyrrole nitrogens is 1. The van der Waals surface area contributed by atoms with Crippen molar-refractivity contribution in [3.8, 4) is 10.6 Å². The molecule has 0 atom stereocenters. The quantitative estimate of drug-likeness (QED) is 0.728. The van der Waals surface area contributed by atoms with E-state index in [4.69, 9.17) is 0 Å². The summed E-state index contributed by atoms with van der Waals surface area (Å²) in [4.78, 5) is 19.2. The predicted octanol–water partition coefficient (Wildman–Crippen LogP) is 3.37. The minimum absolute atomic E-state index is 0.00527. The molecule has 0 amide bonds. The summed E-state index contributed by atoms with van der Waals surface area (Å²) in [5, 5.41) is 2.90. The first-order chi connectivity index (χ1) is 8.84. The zero-order valence-corrected chi connectivity index (χ0v) is 10.3. The summed E-state index contributed by atoms with van der Waals surface area (Å²) >= 11 is 1.59. The summed E-state index contributed by atoms with van der Waals surface area (Å²) in [6.07, 6.45) is 3.52. The van der Waals surface area contributed by atoms with Gasteiger partial charge in [-0.25, -0.2) is 4.98 Å². The largest absolute Gasteiger partial charge is 0.359 e. The summed E-state index contributed by atoms with van der Waals surface area (Å²) in [5.74, 6) is 0.00527. The van der Waals surface area contributed by atoms with E-state index >= 15 is 0 Å². The van der Waals surface area contributed by atoms with Gasteiger partial charge >= 0.3 is 0 Å². The average molecular weight is 254 g/mol. The Balaban J connectivity index is 1.90. The molecule has 0 unspecified atom stereocenters. The number of carbonyl (C=O) groups excluding carboxylic acids is 1. The van der Waals surface area contributed by atoms with Gasteiger partial charge in [0, 0.05) is 28.9 Å². The summed E-state index contributed by atoms with van der Waals surface area (Å²) in [7, 11) is 0. The van der Waals surface area contributed by atoms with Crippen LogP contribution < -0.4 is 0 Å². The molecule has 0 fully saturated rings. The third-order valence-electron chi connectivity index (χ3n) is 2.67. The third kappa shape index (κ3) is 1.98. The molecule has 3 rings (SSSR count). The fourth-order valence-corrected chi connectivity index (χ4v) is 2.40. The molecular formula is C14H10N2OS. The van der Waals surface area contributed by atoms with Crippen molar-refractivity contribution in [3.05, 3.63) is 65.4 Å². The smallest absolute Gasteiger partial charge is 0.209 e. The van der Waals surface area contributed by atoms with Crippen LogP contribution in [0, 0.1) is 0 Å². The topological polar surface area (TPSA) is 45.8 Å². The van der Waals surface area contributed by atoms with Gasteiger partial charge in [-0.2, -0.15) is 0 Å². The van der Waals surface area contributed by atoms with Crippen LogP contribution in [0.15, 0.2) is 54.2 Å². The van der Waals surface area contributed by atoms with E-state index in [1.54, 1.807) is 29.8 Å². The van der Waals surface area contributed by atoms with Crippen LogP contribution in [0.25, 0.3) is 10.6 Å². The van der Waals surface area contributed by atoms with Crippen LogP contribution in [0.5, 0.6) is 0 Å². The zero-order valence-electron chi connectivity index (χ0n) is 9.46. The van der Waals surface area contributed by atoms with Crippen molar-refractivity contribution in [3.63, 3.8) is 0 Å². The Morgan fingerprint density at radius 1 is 1.17 bits per heavy atom. The number of nitrogens with one attached hydrogen (secondary N) is 1. The number of ketones is 1. The lowest BCUT2D eigenvalue weighted by atomic mass is 10.1. The normalized spacial score (nSPS) is 10.4. The Morgan fingerprint density at radius 2 is 2.00 bits per heavy atom. The number of hydrogen-bond acceptors (Lipinski definition) is 3. The molecule has 4 heteroatoms. The van der Waals surface area contributed by atoms with Crippen LogP contribution in [0.3, 0.4) is 0 Å². The second kappa shape index (κ2) is 4.58. The predicted molar refractivity (Wildman–Crippen MR) is 71.8 cm³/mol. The van der Waals surface area contributed by atoms with Crippen molar-refractivity contribution in [2.75, 3.05) is 0 Å². The molecule has 0 radical (unpaired) electrons. The Morgan fingerprint density at radius 3 is 2.61 bits per heavy atom. The molecule has 0 aliphatic carbocycles. The van der Waals surface area contributed by atoms with Crippen molar-refractivity contribution in [2.45, 2.75) is 0 Å².